The summed E-state index contributed by atoms with van der Waals surface area (Å²) >= 11 is 1.09. The van der Waals surface area contributed by atoms with Crippen molar-refractivity contribution in [2.45, 2.75) is 135 Å². The number of imide groups is 1. The number of likely N-dealkylation sites (N-methyl/N-ethyl adjacent to an activating group) is 3. The summed E-state index contributed by atoms with van der Waals surface area (Å²) in [6, 6.07) is 13.4. The lowest BCUT2D eigenvalue weighted by Gasteiger charge is -2.37. The number of hydrogen-bond donors (Lipinski definition) is 4. The number of para-hydroxylation sites is 1. The van der Waals surface area contributed by atoms with Gasteiger partial charge in [-0.25, -0.2) is 4.98 Å². The van der Waals surface area contributed by atoms with Gasteiger partial charge >= 0.3 is 5.97 Å². The van der Waals surface area contributed by atoms with Gasteiger partial charge in [0.25, 0.3) is 17.7 Å². The highest BCUT2D eigenvalue weighted by Crippen LogP contribution is 2.32. The Morgan fingerprint density at radius 1 is 0.805 bits per heavy atom. The number of fused-ring (bicyclic) bond motifs is 1. The van der Waals surface area contributed by atoms with Crippen molar-refractivity contribution in [2.75, 3.05) is 67.0 Å². The molecule has 1 unspecified atom stereocenters. The van der Waals surface area contributed by atoms with Crippen LogP contribution in [0.15, 0.2) is 84.4 Å². The molecular formula is C63H84N12O11S. The lowest BCUT2D eigenvalue weighted by Crippen LogP contribution is -2.59. The molecule has 468 valence electrons. The number of rotatable bonds is 30. The van der Waals surface area contributed by atoms with Crippen molar-refractivity contribution in [1.82, 2.24) is 55.3 Å². The molecule has 2 aromatic carbocycles. The van der Waals surface area contributed by atoms with Gasteiger partial charge in [0, 0.05) is 121 Å². The number of piperazine rings is 1. The topological polar surface area (TPSA) is 287 Å². The minimum atomic E-state index is -1.26. The molecule has 0 spiro atoms. The maximum absolute atomic E-state index is 15.1. The normalized spacial score (nSPS) is 18.1. The fourth-order valence-corrected chi connectivity index (χ4v) is 11.8. The van der Waals surface area contributed by atoms with Crippen molar-refractivity contribution in [2.24, 2.45) is 17.6 Å². The third kappa shape index (κ3) is 17.8. The molecular weight excluding hydrogens is 1130 g/mol. The van der Waals surface area contributed by atoms with Gasteiger partial charge in [0.05, 0.1) is 5.52 Å². The number of nitrogens with zero attached hydrogens (tertiary/aromatic N) is 8. The summed E-state index contributed by atoms with van der Waals surface area (Å²) in [4.78, 5) is 155. The third-order valence-electron chi connectivity index (χ3n) is 16.6. The number of ether oxygens (including phenoxy) is 1. The quantitative estimate of drug-likeness (QED) is 0.0252. The first-order valence-corrected chi connectivity index (χ1v) is 30.9. The minimum absolute atomic E-state index is 0.0408. The molecule has 0 radical (unpaired) electrons. The Labute approximate surface area is 512 Å². The Morgan fingerprint density at radius 3 is 2.10 bits per heavy atom. The number of benzene rings is 2. The Hall–Kier alpha value is -7.96. The zero-order valence-electron chi connectivity index (χ0n) is 51.1. The fraction of sp³-hybridized carbons (Fsp3) is 0.524. The molecule has 3 aliphatic rings. The predicted octanol–water partition coefficient (Wildman–Crippen LogP) is 3.41. The second-order valence-electron chi connectivity index (χ2n) is 23.2. The zero-order valence-corrected chi connectivity index (χ0v) is 52.0. The van der Waals surface area contributed by atoms with Gasteiger partial charge in [0.2, 0.25) is 35.4 Å². The van der Waals surface area contributed by atoms with Crippen molar-refractivity contribution in [1.29, 1.82) is 0 Å². The van der Waals surface area contributed by atoms with Gasteiger partial charge in [-0.2, -0.15) is 0 Å². The van der Waals surface area contributed by atoms with Crippen LogP contribution in [0.5, 0.6) is 0 Å². The van der Waals surface area contributed by atoms with Crippen molar-refractivity contribution in [3.63, 3.8) is 0 Å². The first-order valence-electron chi connectivity index (χ1n) is 30.0. The molecule has 0 aliphatic carbocycles. The van der Waals surface area contributed by atoms with E-state index in [2.05, 4.69) is 20.9 Å². The van der Waals surface area contributed by atoms with Crippen LogP contribution < -0.4 is 21.7 Å². The van der Waals surface area contributed by atoms with Gasteiger partial charge < -0.3 is 46.0 Å². The van der Waals surface area contributed by atoms with E-state index >= 15 is 4.79 Å². The predicted molar refractivity (Wildman–Crippen MR) is 327 cm³/mol. The number of pyridine rings is 1. The second kappa shape index (κ2) is 31.1. The smallest absolute Gasteiger partial charge is 0.303 e. The monoisotopic (exact) mass is 1220 g/mol. The highest BCUT2D eigenvalue weighted by molar-refractivity contribution is 7.09. The number of amides is 9. The van der Waals surface area contributed by atoms with Crippen LogP contribution in [0.4, 0.5) is 0 Å². The van der Waals surface area contributed by atoms with Crippen LogP contribution in [0.2, 0.25) is 0 Å². The minimum Gasteiger partial charge on any atom is -0.455 e. The number of thiazole rings is 1. The molecule has 0 saturated carbocycles. The van der Waals surface area contributed by atoms with E-state index in [0.717, 1.165) is 32.7 Å². The van der Waals surface area contributed by atoms with E-state index < -0.39 is 71.8 Å². The number of nitrogens with one attached hydrogen (secondary N) is 3. The molecule has 9 amide bonds. The highest BCUT2D eigenvalue weighted by atomic mass is 32.1. The van der Waals surface area contributed by atoms with E-state index in [0.29, 0.717) is 44.3 Å². The van der Waals surface area contributed by atoms with Crippen LogP contribution >= 0.6 is 11.3 Å². The molecule has 0 bridgehead atoms. The molecule has 2 aromatic heterocycles. The Bertz CT molecular complexity index is 3130. The van der Waals surface area contributed by atoms with Gasteiger partial charge in [-0.1, -0.05) is 82.6 Å². The van der Waals surface area contributed by atoms with E-state index in [9.17, 15) is 43.2 Å². The van der Waals surface area contributed by atoms with Crippen LogP contribution in [0.3, 0.4) is 0 Å². The molecule has 5 heterocycles. The molecule has 87 heavy (non-hydrogen) atoms. The Balaban J connectivity index is 1.10. The number of aromatic nitrogens is 2. The van der Waals surface area contributed by atoms with Crippen LogP contribution in [-0.4, -0.2) is 202 Å². The molecule has 9 atom stereocenters. The summed E-state index contributed by atoms with van der Waals surface area (Å²) < 4.78 is 5.90. The van der Waals surface area contributed by atoms with E-state index in [-0.39, 0.29) is 117 Å². The van der Waals surface area contributed by atoms with Crippen LogP contribution in [-0.2, 0) is 60.7 Å². The Morgan fingerprint density at radius 2 is 1.46 bits per heavy atom. The summed E-state index contributed by atoms with van der Waals surface area (Å²) in [5, 5.41) is 11.5. The molecule has 5 N–H and O–H groups in total. The van der Waals surface area contributed by atoms with Crippen molar-refractivity contribution in [3.8, 4) is 0 Å². The fourth-order valence-electron chi connectivity index (χ4n) is 11.0. The maximum Gasteiger partial charge on any atom is 0.303 e. The number of hydrogen-bond acceptors (Lipinski definition) is 16. The van der Waals surface area contributed by atoms with E-state index in [4.69, 9.17) is 15.5 Å². The van der Waals surface area contributed by atoms with E-state index in [1.54, 1.807) is 27.9 Å². The van der Waals surface area contributed by atoms with Crippen molar-refractivity contribution < 1.29 is 52.7 Å². The van der Waals surface area contributed by atoms with E-state index in [1.807, 2.05) is 100 Å². The lowest BCUT2D eigenvalue weighted by molar-refractivity contribution is -0.149. The SMILES string of the molecule is CC[C@H](C)[C@H](NC(=O)[C@H]1CN1C)C(=O)N(C)[C@H](C[C@@H](OC(C)=O)c1nc(C(=O)N(C)[C@@H](Cc2cnc3ccccc3c2)C(=O)N[C@H](CCCCN)C(=O)N[C@@H](Cc2ccccc2)C(=O)N2CCN(C(=O)CCCN3C(=O)C=CC3=O)CC2)cs1)C(C)C. The molecule has 23 nitrogen and oxygen atoms in total. The number of esters is 1. The van der Waals surface area contributed by atoms with Gasteiger partial charge in [-0.15, -0.1) is 11.3 Å². The molecule has 7 rings (SSSR count). The lowest BCUT2D eigenvalue weighted by atomic mass is 9.93. The molecule has 24 heteroatoms. The summed E-state index contributed by atoms with van der Waals surface area (Å²) in [7, 11) is 4.98. The average molecular weight is 1220 g/mol. The zero-order chi connectivity index (χ0) is 63.1. The first-order chi connectivity index (χ1) is 41.6. The number of carbonyl (C=O) groups excluding carboxylic acids is 10. The molecule has 2 saturated heterocycles. The number of nitrogens with two attached hydrogens (primary N) is 1. The summed E-state index contributed by atoms with van der Waals surface area (Å²) in [6.45, 7) is 10.9. The molecule has 2 fully saturated rings. The first kappa shape index (κ1) is 66.6. The van der Waals surface area contributed by atoms with Gasteiger partial charge in [0.15, 0.2) is 6.10 Å². The van der Waals surface area contributed by atoms with Crippen molar-refractivity contribution in [3.05, 3.63) is 106 Å². The number of unbranched alkanes of at least 4 members (excludes halogenated alkanes) is 1. The van der Waals surface area contributed by atoms with Gasteiger partial charge in [0.1, 0.15) is 40.9 Å². The number of carbonyl (C=O) groups is 10. The summed E-state index contributed by atoms with van der Waals surface area (Å²) in [6.07, 6.45) is 5.33. The molecule has 3 aliphatic heterocycles. The summed E-state index contributed by atoms with van der Waals surface area (Å²) in [5.41, 5.74) is 7.98. The Kier molecular flexibility index (Phi) is 23.8. The third-order valence-corrected chi connectivity index (χ3v) is 17.5. The second-order valence-corrected chi connectivity index (χ2v) is 24.1. The van der Waals surface area contributed by atoms with Crippen LogP contribution in [0.1, 0.15) is 112 Å². The van der Waals surface area contributed by atoms with Gasteiger partial charge in [-0.3, -0.25) is 62.7 Å². The largest absolute Gasteiger partial charge is 0.455 e. The summed E-state index contributed by atoms with van der Waals surface area (Å²) in [5.74, 6) is -4.79. The van der Waals surface area contributed by atoms with Crippen molar-refractivity contribution >= 4 is 81.4 Å². The maximum atomic E-state index is 15.1. The van der Waals surface area contributed by atoms with Crippen LogP contribution in [0, 0.1) is 11.8 Å². The average Bonchev–Trinajstić information content (AvgIpc) is 4.15. The standard InChI is InChI=1S/C63H84N12O11S/c1-9-40(4)56(69-59(82)51-37-70(51)6)63(85)71(7)49(39(2)3)35-52(86-41(5)76)60-68-48(38-87-60)61(83)72(8)50(34-43-32-44-20-13-14-21-45(44)65-36-43)58(81)66-46(22-15-16-26-64)57(80)67-47(33-42-18-11-10-12-19-42)62(84)74-30-28-73(29-31-74)53(77)23-17-27-75-54(78)24-25-55(75)79/h10-14,18-21,24-25,32,36,38-40,46-47,49-52,56H,9,15-17,22-23,26-31,33-35,37,64H2,1-8H3,(H,66,81)(H,67,80)(H,69,82)/t40-,46+,47-,49+,50-,51+,52+,56-,70?/m0/s1. The molecule has 4 aromatic rings. The highest BCUT2D eigenvalue weighted by Gasteiger charge is 2.42. The van der Waals surface area contributed by atoms with E-state index in [1.165, 1.54) is 36.4 Å². The van der Waals surface area contributed by atoms with Crippen LogP contribution in [0.25, 0.3) is 10.9 Å². The van der Waals surface area contributed by atoms with Gasteiger partial charge in [-0.05, 0) is 74.4 Å².